The van der Waals surface area contributed by atoms with Gasteiger partial charge in [0.15, 0.2) is 0 Å². The fraction of sp³-hybridized carbons (Fsp3) is 0.375. The molecule has 1 rings (SSSR count). The van der Waals surface area contributed by atoms with Crippen LogP contribution in [0.5, 0.6) is 5.75 Å². The maximum Gasteiger partial charge on any atom is 0.122 e. The number of ether oxygens (including phenoxy) is 1. The molecule has 0 saturated carbocycles. The number of halogens is 2. The molecule has 0 unspecified atom stereocenters. The molecule has 0 fully saturated rings. The van der Waals surface area contributed by atoms with E-state index in [-0.39, 0.29) is 12.4 Å². The third kappa shape index (κ3) is 3.28. The molecule has 0 N–H and O–H groups in total. The second kappa shape index (κ2) is 6.09. The molecule has 1 aromatic rings. The third-order valence-corrected chi connectivity index (χ3v) is 1.51. The van der Waals surface area contributed by atoms with Gasteiger partial charge in [0.1, 0.15) is 5.75 Å². The van der Waals surface area contributed by atoms with Gasteiger partial charge in [-0.1, -0.05) is 0 Å². The Bertz CT molecular complexity index is 230. The van der Waals surface area contributed by atoms with E-state index in [4.69, 9.17) is 16.3 Å². The molecular formula is C8H11Cl2NO. The van der Waals surface area contributed by atoms with E-state index in [2.05, 4.69) is 4.98 Å². The van der Waals surface area contributed by atoms with Crippen molar-refractivity contribution in [3.63, 3.8) is 0 Å². The van der Waals surface area contributed by atoms with Crippen LogP contribution in [0.1, 0.15) is 12.6 Å². The number of nitrogens with zero attached hydrogens (tertiary/aromatic N) is 1. The molecule has 0 bridgehead atoms. The van der Waals surface area contributed by atoms with Gasteiger partial charge >= 0.3 is 0 Å². The molecule has 1 heterocycles. The van der Waals surface area contributed by atoms with Gasteiger partial charge in [0.05, 0.1) is 18.2 Å². The Hall–Kier alpha value is -0.470. The third-order valence-electron chi connectivity index (χ3n) is 1.24. The van der Waals surface area contributed by atoms with Gasteiger partial charge in [-0.3, -0.25) is 4.98 Å². The van der Waals surface area contributed by atoms with Gasteiger partial charge in [0.2, 0.25) is 0 Å². The maximum atomic E-state index is 5.58. The first-order chi connectivity index (χ1) is 5.36. The lowest BCUT2D eigenvalue weighted by atomic mass is 10.3. The van der Waals surface area contributed by atoms with E-state index >= 15 is 0 Å². The van der Waals surface area contributed by atoms with Gasteiger partial charge in [0.25, 0.3) is 0 Å². The standard InChI is InChI=1S/C8H10ClNO.ClH/c1-2-11-8-3-4-10-7(5-8)6-9;/h3-5H,2,6H2,1H3;1H. The summed E-state index contributed by atoms with van der Waals surface area (Å²) in [4.78, 5) is 4.03. The highest BCUT2D eigenvalue weighted by molar-refractivity contribution is 6.16. The average Bonchev–Trinajstić information content (AvgIpc) is 2.06. The van der Waals surface area contributed by atoms with Crippen molar-refractivity contribution in [1.29, 1.82) is 0 Å². The fourth-order valence-electron chi connectivity index (χ4n) is 0.786. The summed E-state index contributed by atoms with van der Waals surface area (Å²) in [6.45, 7) is 2.62. The van der Waals surface area contributed by atoms with E-state index in [1.165, 1.54) is 0 Å². The summed E-state index contributed by atoms with van der Waals surface area (Å²) in [5.74, 6) is 1.26. The van der Waals surface area contributed by atoms with Crippen LogP contribution >= 0.6 is 24.0 Å². The van der Waals surface area contributed by atoms with E-state index < -0.39 is 0 Å². The SMILES string of the molecule is CCOc1ccnc(CCl)c1.Cl. The first-order valence-corrected chi connectivity index (χ1v) is 4.04. The lowest BCUT2D eigenvalue weighted by Gasteiger charge is -2.02. The highest BCUT2D eigenvalue weighted by atomic mass is 35.5. The normalized spacial score (nSPS) is 8.83. The van der Waals surface area contributed by atoms with Crippen LogP contribution in [0, 0.1) is 0 Å². The number of pyridine rings is 1. The molecule has 0 aliphatic rings. The Morgan fingerprint density at radius 1 is 1.58 bits per heavy atom. The van der Waals surface area contributed by atoms with Crippen molar-refractivity contribution in [2.75, 3.05) is 6.61 Å². The Morgan fingerprint density at radius 2 is 2.33 bits per heavy atom. The molecule has 0 aliphatic carbocycles. The van der Waals surface area contributed by atoms with Gasteiger partial charge in [-0.15, -0.1) is 24.0 Å². The minimum Gasteiger partial charge on any atom is -0.494 e. The Balaban J connectivity index is 0.00000121. The van der Waals surface area contributed by atoms with Crippen LogP contribution in [0.4, 0.5) is 0 Å². The molecule has 0 saturated heterocycles. The van der Waals surface area contributed by atoms with Crippen LogP contribution in [0.15, 0.2) is 18.3 Å². The molecule has 0 aromatic carbocycles. The zero-order chi connectivity index (χ0) is 8.10. The highest BCUT2D eigenvalue weighted by Crippen LogP contribution is 2.11. The first-order valence-electron chi connectivity index (χ1n) is 3.50. The Kier molecular flexibility index (Phi) is 5.85. The van der Waals surface area contributed by atoms with Crippen LogP contribution in [0.3, 0.4) is 0 Å². The van der Waals surface area contributed by atoms with Crippen molar-refractivity contribution in [3.8, 4) is 5.75 Å². The fourth-order valence-corrected chi connectivity index (χ4v) is 0.932. The van der Waals surface area contributed by atoms with Crippen LogP contribution < -0.4 is 4.74 Å². The van der Waals surface area contributed by atoms with Gasteiger partial charge in [-0.25, -0.2) is 0 Å². The van der Waals surface area contributed by atoms with E-state index in [0.29, 0.717) is 12.5 Å². The Labute approximate surface area is 83.3 Å². The number of rotatable bonds is 3. The van der Waals surface area contributed by atoms with Crippen LogP contribution in [-0.4, -0.2) is 11.6 Å². The van der Waals surface area contributed by atoms with Gasteiger partial charge < -0.3 is 4.74 Å². The molecule has 0 atom stereocenters. The molecule has 1 aromatic heterocycles. The molecule has 0 radical (unpaired) electrons. The number of hydrogen-bond donors (Lipinski definition) is 0. The van der Waals surface area contributed by atoms with E-state index in [1.807, 2.05) is 19.1 Å². The molecule has 0 spiro atoms. The predicted molar refractivity (Wildman–Crippen MR) is 52.2 cm³/mol. The summed E-state index contributed by atoms with van der Waals surface area (Å²) in [5, 5.41) is 0. The highest BCUT2D eigenvalue weighted by Gasteiger charge is 1.94. The number of aromatic nitrogens is 1. The summed E-state index contributed by atoms with van der Waals surface area (Å²) >= 11 is 5.58. The van der Waals surface area contributed by atoms with Crippen LogP contribution in [-0.2, 0) is 5.88 Å². The quantitative estimate of drug-likeness (QED) is 0.712. The minimum absolute atomic E-state index is 0. The summed E-state index contributed by atoms with van der Waals surface area (Å²) < 4.78 is 5.25. The van der Waals surface area contributed by atoms with Crippen LogP contribution in [0.25, 0.3) is 0 Å². The molecular weight excluding hydrogens is 197 g/mol. The van der Waals surface area contributed by atoms with E-state index in [0.717, 1.165) is 11.4 Å². The number of alkyl halides is 1. The summed E-state index contributed by atoms with van der Waals surface area (Å²) in [6.07, 6.45) is 1.70. The zero-order valence-corrected chi connectivity index (χ0v) is 8.36. The molecule has 4 heteroatoms. The molecule has 0 amide bonds. The van der Waals surface area contributed by atoms with E-state index in [9.17, 15) is 0 Å². The maximum absolute atomic E-state index is 5.58. The lowest BCUT2D eigenvalue weighted by molar-refractivity contribution is 0.339. The molecule has 2 nitrogen and oxygen atoms in total. The van der Waals surface area contributed by atoms with Crippen LogP contribution in [0.2, 0.25) is 0 Å². The van der Waals surface area contributed by atoms with Crippen molar-refractivity contribution < 1.29 is 4.74 Å². The van der Waals surface area contributed by atoms with Crippen molar-refractivity contribution in [1.82, 2.24) is 4.98 Å². The average molecular weight is 208 g/mol. The minimum atomic E-state index is 0. The summed E-state index contributed by atoms with van der Waals surface area (Å²) in [5.41, 5.74) is 0.845. The van der Waals surface area contributed by atoms with Gasteiger partial charge in [-0.05, 0) is 13.0 Å². The Morgan fingerprint density at radius 3 is 2.92 bits per heavy atom. The summed E-state index contributed by atoms with van der Waals surface area (Å²) in [7, 11) is 0. The van der Waals surface area contributed by atoms with E-state index in [1.54, 1.807) is 6.20 Å². The largest absolute Gasteiger partial charge is 0.494 e. The number of hydrogen-bond acceptors (Lipinski definition) is 2. The monoisotopic (exact) mass is 207 g/mol. The van der Waals surface area contributed by atoms with Crippen molar-refractivity contribution in [2.24, 2.45) is 0 Å². The molecule has 12 heavy (non-hydrogen) atoms. The van der Waals surface area contributed by atoms with Gasteiger partial charge in [0, 0.05) is 12.3 Å². The molecule has 68 valence electrons. The second-order valence-electron chi connectivity index (χ2n) is 2.05. The smallest absolute Gasteiger partial charge is 0.122 e. The van der Waals surface area contributed by atoms with Crippen molar-refractivity contribution in [3.05, 3.63) is 24.0 Å². The zero-order valence-electron chi connectivity index (χ0n) is 6.79. The lowest BCUT2D eigenvalue weighted by Crippen LogP contribution is -1.93. The van der Waals surface area contributed by atoms with Crippen molar-refractivity contribution >= 4 is 24.0 Å². The predicted octanol–water partition coefficient (Wildman–Crippen LogP) is 2.64. The van der Waals surface area contributed by atoms with Crippen molar-refractivity contribution in [2.45, 2.75) is 12.8 Å². The summed E-state index contributed by atoms with van der Waals surface area (Å²) in [6, 6.07) is 3.66. The topological polar surface area (TPSA) is 22.1 Å². The first kappa shape index (κ1) is 11.5. The second-order valence-corrected chi connectivity index (χ2v) is 2.32. The molecule has 0 aliphatic heterocycles. The van der Waals surface area contributed by atoms with Gasteiger partial charge in [-0.2, -0.15) is 0 Å².